The van der Waals surface area contributed by atoms with Crippen molar-refractivity contribution in [2.45, 2.75) is 18.4 Å². The number of hydrogen-bond donors (Lipinski definition) is 2. The third kappa shape index (κ3) is 5.43. The van der Waals surface area contributed by atoms with Crippen LogP contribution in [-0.2, 0) is 4.79 Å². The second-order valence-corrected chi connectivity index (χ2v) is 8.98. The number of carbonyl (C=O) groups is 2. The maximum absolute atomic E-state index is 12.1. The molecular weight excluding hydrogens is 380 g/mol. The van der Waals surface area contributed by atoms with Crippen molar-refractivity contribution < 1.29 is 14.3 Å². The van der Waals surface area contributed by atoms with Gasteiger partial charge in [0.2, 0.25) is 0 Å². The van der Waals surface area contributed by atoms with Gasteiger partial charge in [-0.1, -0.05) is 29.8 Å². The van der Waals surface area contributed by atoms with Crippen molar-refractivity contribution in [2.75, 3.05) is 18.1 Å². The first-order chi connectivity index (χ1) is 13.0. The number of hydrazine groups is 1. The van der Waals surface area contributed by atoms with E-state index in [1.165, 1.54) is 17.1 Å². The summed E-state index contributed by atoms with van der Waals surface area (Å²) in [6, 6.07) is 13.3. The Morgan fingerprint density at radius 2 is 1.74 bits per heavy atom. The van der Waals surface area contributed by atoms with Crippen molar-refractivity contribution in [1.82, 2.24) is 10.9 Å². The van der Waals surface area contributed by atoms with Crippen molar-refractivity contribution in [2.24, 2.45) is 0 Å². The molecule has 0 unspecified atom stereocenters. The normalized spacial score (nSPS) is 14.0. The quantitative estimate of drug-likeness (QED) is 0.748. The number of carbonyl (C=O) groups excluding carboxylic acids is 2. The molecule has 2 amide bonds. The number of nitrogens with one attached hydrogen (secondary N) is 2. The van der Waals surface area contributed by atoms with Crippen LogP contribution in [-0.4, -0.2) is 29.9 Å². The Kier molecular flexibility index (Phi) is 6.68. The van der Waals surface area contributed by atoms with E-state index >= 15 is 0 Å². The molecule has 2 aromatic rings. The number of rotatable bonds is 5. The van der Waals surface area contributed by atoms with E-state index < -0.39 is 5.91 Å². The smallest absolute Gasteiger partial charge is 0.276 e. The van der Waals surface area contributed by atoms with Crippen molar-refractivity contribution >= 4 is 35.3 Å². The molecule has 3 rings (SSSR count). The zero-order valence-electron chi connectivity index (χ0n) is 15.3. The number of benzene rings is 2. The molecule has 0 aliphatic carbocycles. The second kappa shape index (κ2) is 9.19. The minimum Gasteiger partial charge on any atom is -0.484 e. The van der Waals surface area contributed by atoms with Crippen LogP contribution >= 0.6 is 23.5 Å². The molecule has 7 heteroatoms. The minimum atomic E-state index is -0.418. The van der Waals surface area contributed by atoms with Crippen molar-refractivity contribution in [3.8, 4) is 5.75 Å². The van der Waals surface area contributed by atoms with Crippen LogP contribution in [0.1, 0.15) is 31.6 Å². The first-order valence-corrected chi connectivity index (χ1v) is 10.7. The lowest BCUT2D eigenvalue weighted by Gasteiger charge is -2.11. The topological polar surface area (TPSA) is 67.4 Å². The fourth-order valence-corrected chi connectivity index (χ4v) is 5.58. The molecule has 27 heavy (non-hydrogen) atoms. The number of thioether (sulfide) groups is 2. The van der Waals surface area contributed by atoms with Crippen LogP contribution < -0.4 is 15.6 Å². The average molecular weight is 403 g/mol. The Hall–Kier alpha value is -2.12. The molecule has 1 heterocycles. The summed E-state index contributed by atoms with van der Waals surface area (Å²) >= 11 is 3.89. The summed E-state index contributed by atoms with van der Waals surface area (Å²) in [4.78, 5) is 24.1. The van der Waals surface area contributed by atoms with Gasteiger partial charge in [-0.25, -0.2) is 0 Å². The van der Waals surface area contributed by atoms with Crippen LogP contribution in [0.2, 0.25) is 0 Å². The van der Waals surface area contributed by atoms with Gasteiger partial charge in [-0.3, -0.25) is 20.4 Å². The SMILES string of the molecule is Cc1ccc(C(=O)NNC(=O)COc2ccc(C3SCCS3)cc2)c(C)c1. The van der Waals surface area contributed by atoms with E-state index in [1.807, 2.05) is 73.8 Å². The summed E-state index contributed by atoms with van der Waals surface area (Å²) in [7, 11) is 0. The van der Waals surface area contributed by atoms with E-state index in [0.717, 1.165) is 11.1 Å². The van der Waals surface area contributed by atoms with Crippen molar-refractivity contribution in [3.63, 3.8) is 0 Å². The summed E-state index contributed by atoms with van der Waals surface area (Å²) in [5, 5.41) is 0. The summed E-state index contributed by atoms with van der Waals surface area (Å²) in [6.07, 6.45) is 0. The van der Waals surface area contributed by atoms with Crippen LogP contribution in [0.5, 0.6) is 5.75 Å². The van der Waals surface area contributed by atoms with Gasteiger partial charge in [-0.05, 0) is 43.2 Å². The van der Waals surface area contributed by atoms with Gasteiger partial charge in [0.15, 0.2) is 6.61 Å². The van der Waals surface area contributed by atoms with E-state index in [1.54, 1.807) is 6.07 Å². The molecule has 142 valence electrons. The van der Waals surface area contributed by atoms with Gasteiger partial charge in [0.1, 0.15) is 5.75 Å². The van der Waals surface area contributed by atoms with Gasteiger partial charge in [0, 0.05) is 17.1 Å². The predicted octanol–water partition coefficient (Wildman–Crippen LogP) is 3.62. The summed E-state index contributed by atoms with van der Waals surface area (Å²) < 4.78 is 5.97. The lowest BCUT2D eigenvalue weighted by Crippen LogP contribution is -2.44. The van der Waals surface area contributed by atoms with E-state index in [0.29, 0.717) is 15.9 Å². The number of aryl methyl sites for hydroxylation is 2. The summed E-state index contributed by atoms with van der Waals surface area (Å²) in [5.74, 6) is 2.22. The van der Waals surface area contributed by atoms with Crippen LogP contribution in [0.25, 0.3) is 0 Å². The molecule has 1 fully saturated rings. The monoisotopic (exact) mass is 402 g/mol. The highest BCUT2D eigenvalue weighted by Crippen LogP contribution is 2.45. The fraction of sp³-hybridized carbons (Fsp3) is 0.300. The maximum atomic E-state index is 12.1. The maximum Gasteiger partial charge on any atom is 0.276 e. The van der Waals surface area contributed by atoms with Gasteiger partial charge in [-0.2, -0.15) is 0 Å². The first-order valence-electron chi connectivity index (χ1n) is 8.65. The largest absolute Gasteiger partial charge is 0.484 e. The van der Waals surface area contributed by atoms with Gasteiger partial charge in [0.05, 0.1) is 4.58 Å². The Labute approximate surface area is 167 Å². The average Bonchev–Trinajstić information content (AvgIpc) is 3.19. The van der Waals surface area contributed by atoms with Gasteiger partial charge in [-0.15, -0.1) is 23.5 Å². The fourth-order valence-electron chi connectivity index (χ4n) is 2.72. The van der Waals surface area contributed by atoms with Crippen LogP contribution in [0, 0.1) is 13.8 Å². The van der Waals surface area contributed by atoms with Crippen LogP contribution in [0.15, 0.2) is 42.5 Å². The van der Waals surface area contributed by atoms with Crippen molar-refractivity contribution in [1.29, 1.82) is 0 Å². The van der Waals surface area contributed by atoms with E-state index in [4.69, 9.17) is 4.74 Å². The zero-order valence-corrected chi connectivity index (χ0v) is 16.9. The molecule has 2 aromatic carbocycles. The number of ether oxygens (including phenoxy) is 1. The molecule has 5 nitrogen and oxygen atoms in total. The first kappa shape index (κ1) is 19.6. The Morgan fingerprint density at radius 1 is 1.04 bits per heavy atom. The zero-order chi connectivity index (χ0) is 19.2. The van der Waals surface area contributed by atoms with E-state index in [-0.39, 0.29) is 12.5 Å². The predicted molar refractivity (Wildman–Crippen MR) is 111 cm³/mol. The molecule has 0 saturated carbocycles. The third-order valence-electron chi connectivity index (χ3n) is 4.09. The highest BCUT2D eigenvalue weighted by molar-refractivity contribution is 8.19. The Bertz CT molecular complexity index is 818. The molecule has 0 atom stereocenters. The van der Waals surface area contributed by atoms with E-state index in [9.17, 15) is 9.59 Å². The van der Waals surface area contributed by atoms with Crippen LogP contribution in [0.4, 0.5) is 0 Å². The van der Waals surface area contributed by atoms with E-state index in [2.05, 4.69) is 10.9 Å². The van der Waals surface area contributed by atoms with Gasteiger partial charge >= 0.3 is 0 Å². The molecule has 1 aliphatic heterocycles. The second-order valence-electron chi connectivity index (χ2n) is 6.25. The molecule has 0 spiro atoms. The summed E-state index contributed by atoms with van der Waals surface area (Å²) in [5.41, 5.74) is 8.53. The number of hydrogen-bond acceptors (Lipinski definition) is 5. The summed E-state index contributed by atoms with van der Waals surface area (Å²) in [6.45, 7) is 3.66. The molecule has 0 bridgehead atoms. The standard InChI is InChI=1S/C20H22N2O3S2/c1-13-3-8-17(14(2)11-13)19(24)22-21-18(23)12-25-16-6-4-15(5-7-16)20-26-9-10-27-20/h3-8,11,20H,9-10,12H2,1-2H3,(H,21,23)(H,22,24). The lowest BCUT2D eigenvalue weighted by atomic mass is 10.1. The molecule has 1 saturated heterocycles. The Morgan fingerprint density at radius 3 is 2.41 bits per heavy atom. The number of amides is 2. The highest BCUT2D eigenvalue weighted by atomic mass is 32.2. The molecular formula is C20H22N2O3S2. The Balaban J connectivity index is 1.44. The molecule has 2 N–H and O–H groups in total. The van der Waals surface area contributed by atoms with Crippen molar-refractivity contribution in [3.05, 3.63) is 64.7 Å². The highest BCUT2D eigenvalue weighted by Gasteiger charge is 2.18. The molecule has 0 aromatic heterocycles. The van der Waals surface area contributed by atoms with Gasteiger partial charge in [0.25, 0.3) is 11.8 Å². The lowest BCUT2D eigenvalue weighted by molar-refractivity contribution is -0.123. The molecule has 1 aliphatic rings. The van der Waals surface area contributed by atoms with Crippen LogP contribution in [0.3, 0.4) is 0 Å². The molecule has 0 radical (unpaired) electrons. The van der Waals surface area contributed by atoms with Gasteiger partial charge < -0.3 is 4.74 Å². The minimum absolute atomic E-state index is 0.167. The third-order valence-corrected chi connectivity index (χ3v) is 7.19.